The van der Waals surface area contributed by atoms with Crippen LogP contribution in [0.3, 0.4) is 0 Å². The number of piperazine rings is 1. The molecule has 0 saturated carbocycles. The first-order valence-electron chi connectivity index (χ1n) is 4.40. The fraction of sp³-hybridized carbons (Fsp3) is 0.750. The Balaban J connectivity index is 2.72. The summed E-state index contributed by atoms with van der Waals surface area (Å²) < 4.78 is 0. The highest BCUT2D eigenvalue weighted by atomic mass is 16.3. The molecule has 0 aromatic rings. The van der Waals surface area contributed by atoms with Crippen LogP contribution in [0.5, 0.6) is 0 Å². The molecule has 0 unspecified atom stereocenters. The topological polar surface area (TPSA) is 98.7 Å². The number of hydrogen-bond donors (Lipinski definition) is 4. The van der Waals surface area contributed by atoms with Gasteiger partial charge in [0.25, 0.3) is 0 Å². The van der Waals surface area contributed by atoms with E-state index in [-0.39, 0.29) is 0 Å². The van der Waals surface area contributed by atoms with Crippen molar-refractivity contribution in [1.29, 1.82) is 0 Å². The smallest absolute Gasteiger partial charge is 0.245 e. The van der Waals surface area contributed by atoms with Crippen molar-refractivity contribution in [2.75, 3.05) is 0 Å². The second-order valence-electron chi connectivity index (χ2n) is 3.45. The minimum Gasteiger partial charge on any atom is -0.391 e. The summed E-state index contributed by atoms with van der Waals surface area (Å²) in [7, 11) is 0. The van der Waals surface area contributed by atoms with E-state index in [0.29, 0.717) is 0 Å². The van der Waals surface area contributed by atoms with Gasteiger partial charge in [0.15, 0.2) is 0 Å². The number of hydrogen-bond acceptors (Lipinski definition) is 4. The van der Waals surface area contributed by atoms with Gasteiger partial charge in [0.1, 0.15) is 12.1 Å². The van der Waals surface area contributed by atoms with Crippen LogP contribution in [0.1, 0.15) is 13.8 Å². The van der Waals surface area contributed by atoms with Crippen molar-refractivity contribution in [3.05, 3.63) is 0 Å². The maximum atomic E-state index is 11.3. The molecule has 0 aromatic heterocycles. The normalized spacial score (nSPS) is 31.7. The molecule has 1 fully saturated rings. The predicted molar refractivity (Wildman–Crippen MR) is 47.2 cm³/mol. The summed E-state index contributed by atoms with van der Waals surface area (Å²) in [6.45, 7) is 2.82. The number of amides is 2. The van der Waals surface area contributed by atoms with Crippen LogP contribution in [0.4, 0.5) is 0 Å². The van der Waals surface area contributed by atoms with Crippen LogP contribution in [-0.2, 0) is 9.59 Å². The van der Waals surface area contributed by atoms with Gasteiger partial charge < -0.3 is 20.8 Å². The molecular weight excluding hydrogens is 188 g/mol. The van der Waals surface area contributed by atoms with Crippen LogP contribution in [0.25, 0.3) is 0 Å². The lowest BCUT2D eigenvalue weighted by Crippen LogP contribution is -2.67. The van der Waals surface area contributed by atoms with Crippen molar-refractivity contribution < 1.29 is 19.8 Å². The van der Waals surface area contributed by atoms with Crippen LogP contribution in [0, 0.1) is 0 Å². The van der Waals surface area contributed by atoms with Crippen molar-refractivity contribution in [2.45, 2.75) is 38.1 Å². The molecule has 6 nitrogen and oxygen atoms in total. The highest BCUT2D eigenvalue weighted by Crippen LogP contribution is 2.04. The molecule has 1 aliphatic rings. The third kappa shape index (κ3) is 2.02. The Kier molecular flexibility index (Phi) is 3.07. The van der Waals surface area contributed by atoms with Gasteiger partial charge >= 0.3 is 0 Å². The van der Waals surface area contributed by atoms with Crippen LogP contribution in [0.15, 0.2) is 0 Å². The predicted octanol–water partition coefficient (Wildman–Crippen LogP) is -2.27. The van der Waals surface area contributed by atoms with E-state index in [9.17, 15) is 9.59 Å². The Labute approximate surface area is 81.3 Å². The standard InChI is InChI=1S/C8H14N2O4/c1-3(11)5-7(13)10-6(4(2)12)8(14)9-5/h3-6,11-12H,1-2H3,(H,9,14)(H,10,13)/t3-,4-,5+,6+/m0/s1. The number of nitrogens with one attached hydrogen (secondary N) is 2. The van der Waals surface area contributed by atoms with E-state index in [1.165, 1.54) is 13.8 Å². The molecule has 1 rings (SSSR count). The molecule has 2 amide bonds. The Morgan fingerprint density at radius 3 is 1.50 bits per heavy atom. The van der Waals surface area contributed by atoms with Crippen LogP contribution in [-0.4, -0.2) is 46.3 Å². The van der Waals surface area contributed by atoms with Crippen molar-refractivity contribution in [1.82, 2.24) is 10.6 Å². The molecule has 1 heterocycles. The van der Waals surface area contributed by atoms with E-state index in [4.69, 9.17) is 10.2 Å². The van der Waals surface area contributed by atoms with Crippen molar-refractivity contribution >= 4 is 11.8 Å². The summed E-state index contributed by atoms with van der Waals surface area (Å²) in [5.41, 5.74) is 0. The van der Waals surface area contributed by atoms with Crippen molar-refractivity contribution in [3.8, 4) is 0 Å². The van der Waals surface area contributed by atoms with E-state index in [1.807, 2.05) is 0 Å². The van der Waals surface area contributed by atoms with Crippen molar-refractivity contribution in [2.24, 2.45) is 0 Å². The summed E-state index contributed by atoms with van der Waals surface area (Å²) >= 11 is 0. The monoisotopic (exact) mass is 202 g/mol. The SMILES string of the molecule is C[C@H](O)[C@H]1NC(=O)[C@@H]([C@H](C)O)NC1=O. The fourth-order valence-corrected chi connectivity index (χ4v) is 1.30. The minimum atomic E-state index is -0.950. The molecule has 6 heteroatoms. The maximum absolute atomic E-state index is 11.3. The van der Waals surface area contributed by atoms with E-state index >= 15 is 0 Å². The number of aliphatic hydroxyl groups is 2. The highest BCUT2D eigenvalue weighted by molar-refractivity contribution is 5.97. The molecule has 0 radical (unpaired) electrons. The molecule has 1 aliphatic heterocycles. The van der Waals surface area contributed by atoms with Gasteiger partial charge in [0.05, 0.1) is 12.2 Å². The summed E-state index contributed by atoms with van der Waals surface area (Å²) in [6, 6.07) is -1.87. The molecule has 0 bridgehead atoms. The fourth-order valence-electron chi connectivity index (χ4n) is 1.30. The van der Waals surface area contributed by atoms with Gasteiger partial charge in [0.2, 0.25) is 11.8 Å². The summed E-state index contributed by atoms with van der Waals surface area (Å²) in [5, 5.41) is 23.0. The third-order valence-corrected chi connectivity index (χ3v) is 2.13. The number of carbonyl (C=O) groups is 2. The second-order valence-corrected chi connectivity index (χ2v) is 3.45. The van der Waals surface area contributed by atoms with E-state index in [0.717, 1.165) is 0 Å². The molecule has 1 saturated heterocycles. The van der Waals surface area contributed by atoms with Gasteiger partial charge in [-0.15, -0.1) is 0 Å². The lowest BCUT2D eigenvalue weighted by molar-refractivity contribution is -0.141. The average Bonchev–Trinajstić information content (AvgIpc) is 2.07. The largest absolute Gasteiger partial charge is 0.391 e. The Hall–Kier alpha value is -1.14. The van der Waals surface area contributed by atoms with Gasteiger partial charge in [-0.2, -0.15) is 0 Å². The van der Waals surface area contributed by atoms with Crippen LogP contribution >= 0.6 is 0 Å². The first-order valence-corrected chi connectivity index (χ1v) is 4.40. The van der Waals surface area contributed by atoms with E-state index in [2.05, 4.69) is 10.6 Å². The van der Waals surface area contributed by atoms with E-state index in [1.54, 1.807) is 0 Å². The molecule has 0 aliphatic carbocycles. The summed E-state index contributed by atoms with van der Waals surface area (Å²) in [4.78, 5) is 22.6. The zero-order valence-corrected chi connectivity index (χ0v) is 8.02. The number of rotatable bonds is 2. The van der Waals surface area contributed by atoms with Crippen LogP contribution in [0.2, 0.25) is 0 Å². The first-order chi connectivity index (χ1) is 6.43. The van der Waals surface area contributed by atoms with E-state index < -0.39 is 36.1 Å². The Morgan fingerprint density at radius 1 is 1.00 bits per heavy atom. The zero-order valence-electron chi connectivity index (χ0n) is 8.02. The number of aliphatic hydroxyl groups excluding tert-OH is 2. The molecule has 4 N–H and O–H groups in total. The van der Waals surface area contributed by atoms with Gasteiger partial charge in [-0.05, 0) is 13.8 Å². The summed E-state index contributed by atoms with van der Waals surface area (Å²) in [5.74, 6) is -0.962. The van der Waals surface area contributed by atoms with Gasteiger partial charge in [-0.3, -0.25) is 9.59 Å². The Bertz CT molecular complexity index is 226. The lowest BCUT2D eigenvalue weighted by Gasteiger charge is -2.32. The molecule has 0 spiro atoms. The van der Waals surface area contributed by atoms with Gasteiger partial charge in [-0.1, -0.05) is 0 Å². The lowest BCUT2D eigenvalue weighted by atomic mass is 10.0. The minimum absolute atomic E-state index is 0.481. The number of carbonyl (C=O) groups excluding carboxylic acids is 2. The quantitative estimate of drug-likeness (QED) is 0.406. The van der Waals surface area contributed by atoms with Crippen LogP contribution < -0.4 is 10.6 Å². The highest BCUT2D eigenvalue weighted by Gasteiger charge is 2.37. The summed E-state index contributed by atoms with van der Waals surface area (Å²) in [6.07, 6.45) is -1.90. The molecule has 4 atom stereocenters. The molecular formula is C8H14N2O4. The molecule has 80 valence electrons. The maximum Gasteiger partial charge on any atom is 0.245 e. The van der Waals surface area contributed by atoms with Gasteiger partial charge in [0, 0.05) is 0 Å². The average molecular weight is 202 g/mol. The Morgan fingerprint density at radius 2 is 1.29 bits per heavy atom. The zero-order chi connectivity index (χ0) is 10.9. The second kappa shape index (κ2) is 3.93. The van der Waals surface area contributed by atoms with Crippen molar-refractivity contribution in [3.63, 3.8) is 0 Å². The van der Waals surface area contributed by atoms with Gasteiger partial charge in [-0.25, -0.2) is 0 Å². The molecule has 14 heavy (non-hydrogen) atoms. The third-order valence-electron chi connectivity index (χ3n) is 2.13. The molecule has 0 aromatic carbocycles. The first kappa shape index (κ1) is 10.9.